The molecule has 14 rings (SSSR count). The topological polar surface area (TPSA) is 3.24 Å². The number of hydrogen-bond donors (Lipinski definition) is 0. The van der Waals surface area contributed by atoms with Crippen molar-refractivity contribution >= 4 is 17.1 Å². The fraction of sp³-hybridized carbons (Fsp3) is 0.104. The maximum atomic E-state index is 2.53. The summed E-state index contributed by atoms with van der Waals surface area (Å²) in [5.74, 6) is 0. The highest BCUT2D eigenvalue weighted by Crippen LogP contribution is 2.65. The Morgan fingerprint density at radius 3 is 1.31 bits per heavy atom. The number of hydrogen-bond acceptors (Lipinski definition) is 1. The Kier molecular flexibility index (Phi) is 8.08. The molecule has 0 bridgehead atoms. The fourth-order valence-corrected chi connectivity index (χ4v) is 13.1. The molecule has 0 saturated heterocycles. The molecule has 1 heteroatoms. The van der Waals surface area contributed by atoms with E-state index in [1.807, 2.05) is 0 Å². The number of benzene rings is 10. The van der Waals surface area contributed by atoms with Crippen LogP contribution in [0.15, 0.2) is 224 Å². The second kappa shape index (κ2) is 14.0. The lowest BCUT2D eigenvalue weighted by Gasteiger charge is -2.32. The fourth-order valence-electron chi connectivity index (χ4n) is 13.1. The van der Waals surface area contributed by atoms with Gasteiger partial charge in [-0.15, -0.1) is 0 Å². The lowest BCUT2D eigenvalue weighted by atomic mass is 9.70. The minimum atomic E-state index is -0.527. The van der Waals surface area contributed by atoms with Gasteiger partial charge in [0.1, 0.15) is 0 Å². The van der Waals surface area contributed by atoms with Crippen LogP contribution in [0, 0.1) is 0 Å². The molecule has 322 valence electrons. The van der Waals surface area contributed by atoms with Crippen LogP contribution in [0.25, 0.3) is 66.8 Å². The van der Waals surface area contributed by atoms with Gasteiger partial charge in [0, 0.05) is 27.8 Å². The van der Waals surface area contributed by atoms with Gasteiger partial charge in [-0.25, -0.2) is 0 Å². The van der Waals surface area contributed by atoms with Gasteiger partial charge in [0.05, 0.1) is 11.1 Å². The normalized spacial score (nSPS) is 16.5. The highest BCUT2D eigenvalue weighted by atomic mass is 15.1. The lowest BCUT2D eigenvalue weighted by molar-refractivity contribution is 0.660. The zero-order valence-electron chi connectivity index (χ0n) is 38.8. The predicted molar refractivity (Wildman–Crippen MR) is 283 cm³/mol. The SMILES string of the molecule is CC1(C)c2ccccc2-c2ccc(-c3ccc4c(c3)C3(c5ccccc5-4)c4ccccc4-c4c(N(c5ccc(-c6ccccc6)cc5)c5ccc6c(c5)C(C)(C)c5ccccc5-6)cccc43)cc21. The largest absolute Gasteiger partial charge is 0.310 e. The van der Waals surface area contributed by atoms with Crippen molar-refractivity contribution in [3.8, 4) is 66.8 Å². The van der Waals surface area contributed by atoms with Crippen LogP contribution in [-0.4, -0.2) is 0 Å². The Bertz CT molecular complexity index is 3740. The Balaban J connectivity index is 0.993. The maximum Gasteiger partial charge on any atom is 0.0726 e. The summed E-state index contributed by atoms with van der Waals surface area (Å²) in [7, 11) is 0. The molecule has 0 aliphatic heterocycles. The van der Waals surface area contributed by atoms with Crippen molar-refractivity contribution in [2.45, 2.75) is 43.9 Å². The first-order valence-electron chi connectivity index (χ1n) is 24.2. The standard InChI is InChI=1S/C67H49N/c1-65(2)55-23-12-8-19-48(55)51-36-31-44(39-60(51)65)45-32-37-53-50-21-10-14-25-57(50)67(62(53)40-45)58-26-15-11-22-54(58)64-59(67)27-16-28-63(64)68(46-33-29-43(30-34-46)42-17-6-5-7-18-42)47-35-38-52-49-20-9-13-24-56(49)66(3,4)61(52)41-47/h5-41H,1-4H3. The van der Waals surface area contributed by atoms with Gasteiger partial charge in [-0.05, 0) is 148 Å². The lowest BCUT2D eigenvalue weighted by Crippen LogP contribution is -2.26. The number of rotatable bonds is 5. The van der Waals surface area contributed by atoms with Crippen LogP contribution in [0.1, 0.15) is 72.2 Å². The van der Waals surface area contributed by atoms with E-state index in [9.17, 15) is 0 Å². The van der Waals surface area contributed by atoms with E-state index in [0.29, 0.717) is 0 Å². The molecule has 1 unspecified atom stereocenters. The van der Waals surface area contributed by atoms with Gasteiger partial charge in [0.25, 0.3) is 0 Å². The Hall–Kier alpha value is -8.00. The summed E-state index contributed by atoms with van der Waals surface area (Å²) < 4.78 is 0. The molecule has 4 aliphatic carbocycles. The van der Waals surface area contributed by atoms with Crippen molar-refractivity contribution in [1.82, 2.24) is 0 Å². The minimum Gasteiger partial charge on any atom is -0.310 e. The summed E-state index contributed by atoms with van der Waals surface area (Å²) >= 11 is 0. The van der Waals surface area contributed by atoms with Gasteiger partial charge in [0.2, 0.25) is 0 Å². The predicted octanol–water partition coefficient (Wildman–Crippen LogP) is 17.4. The Morgan fingerprint density at radius 2 is 0.676 bits per heavy atom. The van der Waals surface area contributed by atoms with Crippen LogP contribution in [0.3, 0.4) is 0 Å². The van der Waals surface area contributed by atoms with E-state index >= 15 is 0 Å². The van der Waals surface area contributed by atoms with E-state index < -0.39 is 5.41 Å². The molecule has 0 amide bonds. The molecule has 10 aromatic rings. The van der Waals surface area contributed by atoms with Crippen molar-refractivity contribution in [3.05, 3.63) is 269 Å². The second-order valence-electron chi connectivity index (χ2n) is 20.4. The van der Waals surface area contributed by atoms with E-state index in [-0.39, 0.29) is 10.8 Å². The Labute approximate surface area is 399 Å². The van der Waals surface area contributed by atoms with E-state index in [2.05, 4.69) is 257 Å². The Morgan fingerprint density at radius 1 is 0.265 bits per heavy atom. The maximum absolute atomic E-state index is 2.53. The molecule has 1 atom stereocenters. The van der Waals surface area contributed by atoms with Crippen molar-refractivity contribution < 1.29 is 0 Å². The number of anilines is 3. The van der Waals surface area contributed by atoms with Crippen LogP contribution < -0.4 is 4.90 Å². The van der Waals surface area contributed by atoms with E-state index in [1.165, 1.54) is 117 Å². The molecular formula is C67H49N. The number of nitrogens with zero attached hydrogens (tertiary/aromatic N) is 1. The molecule has 0 N–H and O–H groups in total. The zero-order chi connectivity index (χ0) is 45.5. The van der Waals surface area contributed by atoms with E-state index in [0.717, 1.165) is 11.4 Å². The van der Waals surface area contributed by atoms with Gasteiger partial charge >= 0.3 is 0 Å². The van der Waals surface area contributed by atoms with Crippen LogP contribution in [0.2, 0.25) is 0 Å². The summed E-state index contributed by atoms with van der Waals surface area (Å²) in [5.41, 5.74) is 29.0. The summed E-state index contributed by atoms with van der Waals surface area (Å²) in [4.78, 5) is 2.53. The van der Waals surface area contributed by atoms with Gasteiger partial charge in [0.15, 0.2) is 0 Å². The third kappa shape index (κ3) is 5.17. The molecule has 1 nitrogen and oxygen atoms in total. The van der Waals surface area contributed by atoms with Crippen LogP contribution in [0.5, 0.6) is 0 Å². The molecule has 0 saturated carbocycles. The highest BCUT2D eigenvalue weighted by Gasteiger charge is 2.53. The molecule has 4 aliphatic rings. The molecule has 0 heterocycles. The quantitative estimate of drug-likeness (QED) is 0.167. The molecular weight excluding hydrogens is 819 g/mol. The smallest absolute Gasteiger partial charge is 0.0726 e. The first-order valence-corrected chi connectivity index (χ1v) is 24.2. The molecule has 0 fully saturated rings. The van der Waals surface area contributed by atoms with Gasteiger partial charge in [-0.3, -0.25) is 0 Å². The van der Waals surface area contributed by atoms with E-state index in [1.54, 1.807) is 0 Å². The zero-order valence-corrected chi connectivity index (χ0v) is 38.8. The molecule has 10 aromatic carbocycles. The minimum absolute atomic E-state index is 0.0812. The average Bonchev–Trinajstić information content (AvgIpc) is 4.02. The third-order valence-electron chi connectivity index (χ3n) is 16.3. The summed E-state index contributed by atoms with van der Waals surface area (Å²) in [6, 6.07) is 85.0. The third-order valence-corrected chi connectivity index (χ3v) is 16.3. The van der Waals surface area contributed by atoms with Crippen LogP contribution >= 0.6 is 0 Å². The molecule has 0 aromatic heterocycles. The van der Waals surface area contributed by atoms with Crippen molar-refractivity contribution in [3.63, 3.8) is 0 Å². The van der Waals surface area contributed by atoms with Crippen LogP contribution in [0.4, 0.5) is 17.1 Å². The number of fused-ring (bicyclic) bond motifs is 16. The molecule has 0 radical (unpaired) electrons. The summed E-state index contributed by atoms with van der Waals surface area (Å²) in [6.45, 7) is 9.52. The van der Waals surface area contributed by atoms with Crippen molar-refractivity contribution in [2.24, 2.45) is 0 Å². The van der Waals surface area contributed by atoms with Crippen molar-refractivity contribution in [1.29, 1.82) is 0 Å². The van der Waals surface area contributed by atoms with Crippen LogP contribution in [-0.2, 0) is 16.2 Å². The average molecular weight is 868 g/mol. The first kappa shape index (κ1) is 39.2. The first-order chi connectivity index (χ1) is 33.2. The van der Waals surface area contributed by atoms with E-state index in [4.69, 9.17) is 0 Å². The second-order valence-corrected chi connectivity index (χ2v) is 20.4. The highest BCUT2D eigenvalue weighted by molar-refractivity contribution is 6.02. The summed E-state index contributed by atoms with van der Waals surface area (Å²) in [6.07, 6.45) is 0. The summed E-state index contributed by atoms with van der Waals surface area (Å²) in [5, 5.41) is 0. The molecule has 68 heavy (non-hydrogen) atoms. The monoisotopic (exact) mass is 867 g/mol. The molecule has 1 spiro atoms. The van der Waals surface area contributed by atoms with Gasteiger partial charge in [-0.1, -0.05) is 210 Å². The van der Waals surface area contributed by atoms with Crippen molar-refractivity contribution in [2.75, 3.05) is 4.90 Å². The van der Waals surface area contributed by atoms with Gasteiger partial charge < -0.3 is 4.90 Å². The van der Waals surface area contributed by atoms with Gasteiger partial charge in [-0.2, -0.15) is 0 Å².